The highest BCUT2D eigenvalue weighted by Gasteiger charge is 2.07. The summed E-state index contributed by atoms with van der Waals surface area (Å²) < 4.78 is 0. The second kappa shape index (κ2) is 7.44. The standard InChI is InChI=1S/C7H6O2.C6H11Br/c8-7(9)6-4-2-1-3-5-6;7-6-4-2-1-3-5-6/h1-5H,(H,8,9);6H,1-5H2. The molecule has 1 aromatic carbocycles. The van der Waals surface area contributed by atoms with Crippen molar-refractivity contribution in [3.63, 3.8) is 0 Å². The Morgan fingerprint density at radius 1 is 1.12 bits per heavy atom. The van der Waals surface area contributed by atoms with E-state index in [1.165, 1.54) is 32.1 Å². The van der Waals surface area contributed by atoms with Gasteiger partial charge in [-0.1, -0.05) is 53.4 Å². The van der Waals surface area contributed by atoms with E-state index in [0.29, 0.717) is 5.56 Å². The Labute approximate surface area is 105 Å². The molecule has 1 saturated carbocycles. The third kappa shape index (κ3) is 5.31. The topological polar surface area (TPSA) is 37.3 Å². The summed E-state index contributed by atoms with van der Waals surface area (Å²) in [7, 11) is 0. The normalized spacial score (nSPS) is 16.1. The van der Waals surface area contributed by atoms with Crippen molar-refractivity contribution in [2.75, 3.05) is 0 Å². The van der Waals surface area contributed by atoms with Crippen LogP contribution in [0, 0.1) is 0 Å². The summed E-state index contributed by atoms with van der Waals surface area (Å²) >= 11 is 3.59. The summed E-state index contributed by atoms with van der Waals surface area (Å²) in [5.41, 5.74) is 0.331. The zero-order chi connectivity index (χ0) is 11.8. The Balaban J connectivity index is 0.000000165. The summed E-state index contributed by atoms with van der Waals surface area (Å²) in [5, 5.41) is 8.38. The number of carboxylic acid groups (broad SMARTS) is 1. The van der Waals surface area contributed by atoms with E-state index in [0.717, 1.165) is 4.83 Å². The molecule has 88 valence electrons. The molecular formula is C13H17BrO2. The van der Waals surface area contributed by atoms with Crippen LogP contribution >= 0.6 is 15.9 Å². The Bertz CT molecular complexity index is 305. The van der Waals surface area contributed by atoms with E-state index in [1.807, 2.05) is 0 Å². The lowest BCUT2D eigenvalue weighted by Crippen LogP contribution is -2.02. The van der Waals surface area contributed by atoms with Gasteiger partial charge < -0.3 is 5.11 Å². The van der Waals surface area contributed by atoms with Gasteiger partial charge in [0.1, 0.15) is 0 Å². The van der Waals surface area contributed by atoms with Crippen molar-refractivity contribution in [2.45, 2.75) is 36.9 Å². The van der Waals surface area contributed by atoms with E-state index in [-0.39, 0.29) is 0 Å². The number of hydrogen-bond donors (Lipinski definition) is 1. The van der Waals surface area contributed by atoms with Gasteiger partial charge in [-0.05, 0) is 25.0 Å². The number of carbonyl (C=O) groups is 1. The summed E-state index contributed by atoms with van der Waals surface area (Å²) in [6.07, 6.45) is 7.15. The fraction of sp³-hybridized carbons (Fsp3) is 0.462. The molecule has 0 atom stereocenters. The van der Waals surface area contributed by atoms with E-state index in [4.69, 9.17) is 5.11 Å². The number of aromatic carboxylic acids is 1. The van der Waals surface area contributed by atoms with Crippen molar-refractivity contribution < 1.29 is 9.90 Å². The van der Waals surface area contributed by atoms with Gasteiger partial charge in [0, 0.05) is 4.83 Å². The number of benzene rings is 1. The molecule has 0 unspecified atom stereocenters. The van der Waals surface area contributed by atoms with Crippen LogP contribution in [0.2, 0.25) is 0 Å². The summed E-state index contributed by atoms with van der Waals surface area (Å²) in [5.74, 6) is -0.879. The number of alkyl halides is 1. The zero-order valence-corrected chi connectivity index (χ0v) is 10.8. The Morgan fingerprint density at radius 3 is 2.00 bits per heavy atom. The van der Waals surface area contributed by atoms with Crippen LogP contribution in [0.4, 0.5) is 0 Å². The fourth-order valence-corrected chi connectivity index (χ4v) is 2.28. The van der Waals surface area contributed by atoms with Crippen LogP contribution in [0.5, 0.6) is 0 Å². The SMILES string of the molecule is BrC1CCCCC1.O=C(O)c1ccccc1. The molecule has 1 aromatic rings. The zero-order valence-electron chi connectivity index (χ0n) is 9.23. The molecule has 0 radical (unpaired) electrons. The number of rotatable bonds is 1. The van der Waals surface area contributed by atoms with Gasteiger partial charge in [0.05, 0.1) is 5.56 Å². The highest BCUT2D eigenvalue weighted by atomic mass is 79.9. The van der Waals surface area contributed by atoms with Crippen molar-refractivity contribution in [3.8, 4) is 0 Å². The molecule has 1 fully saturated rings. The molecule has 3 heteroatoms. The van der Waals surface area contributed by atoms with E-state index in [9.17, 15) is 4.79 Å². The molecule has 1 N–H and O–H groups in total. The Kier molecular flexibility index (Phi) is 6.16. The lowest BCUT2D eigenvalue weighted by atomic mass is 10.0. The summed E-state index contributed by atoms with van der Waals surface area (Å²) in [4.78, 5) is 11.0. The van der Waals surface area contributed by atoms with E-state index >= 15 is 0 Å². The van der Waals surface area contributed by atoms with Crippen LogP contribution in [-0.2, 0) is 0 Å². The summed E-state index contributed by atoms with van der Waals surface area (Å²) in [6.45, 7) is 0. The van der Waals surface area contributed by atoms with Gasteiger partial charge in [-0.3, -0.25) is 0 Å². The Hall–Kier alpha value is -0.830. The molecule has 0 spiro atoms. The molecule has 2 rings (SSSR count). The first-order chi connectivity index (χ1) is 7.70. The molecule has 1 aliphatic rings. The maximum Gasteiger partial charge on any atom is 0.335 e. The van der Waals surface area contributed by atoms with Crippen molar-refractivity contribution in [2.24, 2.45) is 0 Å². The highest BCUT2D eigenvalue weighted by molar-refractivity contribution is 9.09. The lowest BCUT2D eigenvalue weighted by molar-refractivity contribution is 0.0697. The summed E-state index contributed by atoms with van der Waals surface area (Å²) in [6, 6.07) is 8.30. The molecule has 0 aliphatic heterocycles. The predicted octanol–water partition coefficient (Wildman–Crippen LogP) is 4.10. The van der Waals surface area contributed by atoms with Gasteiger partial charge in [0.15, 0.2) is 0 Å². The maximum atomic E-state index is 10.2. The minimum absolute atomic E-state index is 0.331. The smallest absolute Gasteiger partial charge is 0.335 e. The highest BCUT2D eigenvalue weighted by Crippen LogP contribution is 2.22. The maximum absolute atomic E-state index is 10.2. The molecule has 0 heterocycles. The molecule has 2 nitrogen and oxygen atoms in total. The number of carboxylic acids is 1. The van der Waals surface area contributed by atoms with Crippen LogP contribution in [0.25, 0.3) is 0 Å². The first kappa shape index (κ1) is 13.2. The molecule has 0 saturated heterocycles. The van der Waals surface area contributed by atoms with E-state index < -0.39 is 5.97 Å². The average Bonchev–Trinajstić information content (AvgIpc) is 2.32. The lowest BCUT2D eigenvalue weighted by Gasteiger charge is -2.13. The Morgan fingerprint density at radius 2 is 1.69 bits per heavy atom. The van der Waals surface area contributed by atoms with Gasteiger partial charge in [-0.15, -0.1) is 0 Å². The first-order valence-corrected chi connectivity index (χ1v) is 6.54. The van der Waals surface area contributed by atoms with Gasteiger partial charge in [-0.2, -0.15) is 0 Å². The number of hydrogen-bond acceptors (Lipinski definition) is 1. The molecule has 16 heavy (non-hydrogen) atoms. The third-order valence-corrected chi connectivity index (χ3v) is 3.47. The first-order valence-electron chi connectivity index (χ1n) is 5.62. The largest absolute Gasteiger partial charge is 0.478 e. The molecule has 1 aliphatic carbocycles. The second-order valence-electron chi connectivity index (χ2n) is 3.91. The minimum atomic E-state index is -0.879. The van der Waals surface area contributed by atoms with Crippen molar-refractivity contribution in [3.05, 3.63) is 35.9 Å². The quantitative estimate of drug-likeness (QED) is 0.789. The monoisotopic (exact) mass is 284 g/mol. The average molecular weight is 285 g/mol. The molecule has 0 bridgehead atoms. The van der Waals surface area contributed by atoms with Gasteiger partial charge in [0.2, 0.25) is 0 Å². The van der Waals surface area contributed by atoms with Crippen LogP contribution in [-0.4, -0.2) is 15.9 Å². The molecule has 0 amide bonds. The van der Waals surface area contributed by atoms with Gasteiger partial charge in [-0.25, -0.2) is 4.79 Å². The van der Waals surface area contributed by atoms with Crippen molar-refractivity contribution in [1.29, 1.82) is 0 Å². The third-order valence-electron chi connectivity index (χ3n) is 2.56. The van der Waals surface area contributed by atoms with Gasteiger partial charge >= 0.3 is 5.97 Å². The number of halogens is 1. The van der Waals surface area contributed by atoms with Crippen LogP contribution < -0.4 is 0 Å². The molecular weight excluding hydrogens is 268 g/mol. The van der Waals surface area contributed by atoms with Gasteiger partial charge in [0.25, 0.3) is 0 Å². The van der Waals surface area contributed by atoms with E-state index in [1.54, 1.807) is 30.3 Å². The van der Waals surface area contributed by atoms with Crippen molar-refractivity contribution >= 4 is 21.9 Å². The van der Waals surface area contributed by atoms with Crippen LogP contribution in [0.3, 0.4) is 0 Å². The van der Waals surface area contributed by atoms with E-state index in [2.05, 4.69) is 15.9 Å². The predicted molar refractivity (Wildman–Crippen MR) is 69.2 cm³/mol. The van der Waals surface area contributed by atoms with Crippen molar-refractivity contribution in [1.82, 2.24) is 0 Å². The van der Waals surface area contributed by atoms with Crippen LogP contribution in [0.15, 0.2) is 30.3 Å². The fourth-order valence-electron chi connectivity index (χ4n) is 1.63. The van der Waals surface area contributed by atoms with Crippen LogP contribution in [0.1, 0.15) is 42.5 Å². The molecule has 0 aromatic heterocycles. The second-order valence-corrected chi connectivity index (χ2v) is 5.20. The minimum Gasteiger partial charge on any atom is -0.478 e.